The van der Waals surface area contributed by atoms with Crippen molar-refractivity contribution in [1.82, 2.24) is 0 Å². The molecule has 7 heteroatoms. The van der Waals surface area contributed by atoms with Crippen molar-refractivity contribution in [3.8, 4) is 0 Å². The van der Waals surface area contributed by atoms with Gasteiger partial charge < -0.3 is 5.11 Å². The number of anilines is 1. The average Bonchev–Trinajstić information content (AvgIpc) is 2.95. The molecule has 128 valence electrons. The molecule has 0 aliphatic heterocycles. The van der Waals surface area contributed by atoms with Crippen LogP contribution in [0.5, 0.6) is 0 Å². The molecule has 3 rings (SSSR count). The second kappa shape index (κ2) is 6.70. The molecule has 3 aromatic rings. The first kappa shape index (κ1) is 17.2. The van der Waals surface area contributed by atoms with Crippen LogP contribution >= 0.6 is 11.3 Å². The number of hydrogen-bond acceptors (Lipinski definition) is 4. The van der Waals surface area contributed by atoms with Gasteiger partial charge in [-0.3, -0.25) is 4.72 Å². The van der Waals surface area contributed by atoms with Crippen LogP contribution in [0.15, 0.2) is 59.5 Å². The number of sulfonamides is 1. The van der Waals surface area contributed by atoms with Gasteiger partial charge in [0.2, 0.25) is 0 Å². The van der Waals surface area contributed by atoms with Gasteiger partial charge in [0.25, 0.3) is 10.0 Å². The Morgan fingerprint density at radius 2 is 1.84 bits per heavy atom. The van der Waals surface area contributed by atoms with E-state index in [2.05, 4.69) is 4.72 Å². The number of aliphatic carboxylic acids is 1. The molecule has 0 atom stereocenters. The summed E-state index contributed by atoms with van der Waals surface area (Å²) in [5.74, 6) is -1.01. The van der Waals surface area contributed by atoms with Crippen LogP contribution in [0.2, 0.25) is 0 Å². The first-order chi connectivity index (χ1) is 11.8. The Kier molecular flexibility index (Phi) is 4.61. The van der Waals surface area contributed by atoms with Crippen LogP contribution in [-0.4, -0.2) is 19.5 Å². The molecule has 0 saturated carbocycles. The van der Waals surface area contributed by atoms with E-state index in [1.807, 2.05) is 19.1 Å². The van der Waals surface area contributed by atoms with Crippen LogP contribution in [0, 0.1) is 6.92 Å². The van der Waals surface area contributed by atoms with E-state index < -0.39 is 16.0 Å². The molecule has 0 aliphatic carbocycles. The van der Waals surface area contributed by atoms with Crippen LogP contribution in [-0.2, 0) is 14.8 Å². The number of carbonyl (C=O) groups is 1. The van der Waals surface area contributed by atoms with E-state index >= 15 is 0 Å². The van der Waals surface area contributed by atoms with Gasteiger partial charge in [-0.25, -0.2) is 13.2 Å². The normalized spacial score (nSPS) is 11.9. The summed E-state index contributed by atoms with van der Waals surface area (Å²) in [6, 6.07) is 13.7. The molecule has 0 amide bonds. The van der Waals surface area contributed by atoms with Crippen molar-refractivity contribution in [2.75, 3.05) is 4.72 Å². The molecular formula is C18H15NO4S2. The number of fused-ring (bicyclic) bond motifs is 1. The molecule has 0 fully saturated rings. The Morgan fingerprint density at radius 1 is 1.12 bits per heavy atom. The lowest BCUT2D eigenvalue weighted by molar-refractivity contribution is -0.131. The molecule has 5 nitrogen and oxygen atoms in total. The number of rotatable bonds is 5. The predicted molar refractivity (Wildman–Crippen MR) is 100 cm³/mol. The second-order valence-corrected chi connectivity index (χ2v) is 8.29. The smallest absolute Gasteiger partial charge is 0.328 e. The van der Waals surface area contributed by atoms with E-state index in [1.54, 1.807) is 36.4 Å². The summed E-state index contributed by atoms with van der Waals surface area (Å²) < 4.78 is 28.4. The molecule has 0 unspecified atom stereocenters. The fourth-order valence-electron chi connectivity index (χ4n) is 2.29. The zero-order valence-corrected chi connectivity index (χ0v) is 14.9. The quantitative estimate of drug-likeness (QED) is 0.659. The highest BCUT2D eigenvalue weighted by molar-refractivity contribution is 7.92. The van der Waals surface area contributed by atoms with Crippen LogP contribution in [0.3, 0.4) is 0 Å². The van der Waals surface area contributed by atoms with Gasteiger partial charge in [-0.15, -0.1) is 11.3 Å². The van der Waals surface area contributed by atoms with Crippen LogP contribution in [0.4, 0.5) is 5.69 Å². The second-order valence-electron chi connectivity index (χ2n) is 5.49. The van der Waals surface area contributed by atoms with Crippen molar-refractivity contribution in [2.45, 2.75) is 11.8 Å². The number of benzene rings is 2. The molecule has 0 radical (unpaired) electrons. The molecule has 2 aromatic carbocycles. The topological polar surface area (TPSA) is 83.5 Å². The summed E-state index contributed by atoms with van der Waals surface area (Å²) in [5.41, 5.74) is 1.44. The lowest BCUT2D eigenvalue weighted by atomic mass is 10.2. The molecule has 0 bridgehead atoms. The van der Waals surface area contributed by atoms with Gasteiger partial charge in [0.1, 0.15) is 0 Å². The van der Waals surface area contributed by atoms with Crippen molar-refractivity contribution in [2.24, 2.45) is 0 Å². The van der Waals surface area contributed by atoms with Gasteiger partial charge >= 0.3 is 5.97 Å². The van der Waals surface area contributed by atoms with Crippen molar-refractivity contribution in [1.29, 1.82) is 0 Å². The third kappa shape index (κ3) is 4.07. The van der Waals surface area contributed by atoms with E-state index in [0.29, 0.717) is 5.69 Å². The molecule has 0 aliphatic rings. The monoisotopic (exact) mass is 373 g/mol. The third-order valence-corrected chi connectivity index (χ3v) is 5.99. The first-order valence-corrected chi connectivity index (χ1v) is 9.67. The Bertz CT molecular complexity index is 1060. The fraction of sp³-hybridized carbons (Fsp3) is 0.0556. The van der Waals surface area contributed by atoms with Gasteiger partial charge in [0.15, 0.2) is 0 Å². The third-order valence-electron chi connectivity index (χ3n) is 3.51. The lowest BCUT2D eigenvalue weighted by Gasteiger charge is -2.08. The largest absolute Gasteiger partial charge is 0.478 e. The summed E-state index contributed by atoms with van der Waals surface area (Å²) in [6.07, 6.45) is 2.59. The van der Waals surface area contributed by atoms with Gasteiger partial charge in [-0.2, -0.15) is 0 Å². The number of hydrogen-bond donors (Lipinski definition) is 2. The zero-order chi connectivity index (χ0) is 18.0. The minimum absolute atomic E-state index is 0.202. The van der Waals surface area contributed by atoms with Crippen LogP contribution in [0.25, 0.3) is 16.2 Å². The molecule has 0 saturated heterocycles. The summed E-state index contributed by atoms with van der Waals surface area (Å²) in [5, 5.41) is 9.53. The molecule has 2 N–H and O–H groups in total. The van der Waals surface area contributed by atoms with Crippen molar-refractivity contribution >= 4 is 49.2 Å². The highest BCUT2D eigenvalue weighted by atomic mass is 32.2. The van der Waals surface area contributed by atoms with E-state index in [4.69, 9.17) is 5.11 Å². The standard InChI is InChI=1S/C18H15NO4S2/c1-12-2-6-16(7-3-12)25(22,23)19-14-4-8-17-13(10-14)11-15(24-17)5-9-18(20)21/h2-11,19H,1H3,(H,20,21)/b9-5+. The molecule has 1 heterocycles. The number of carboxylic acids is 1. The number of aryl methyl sites for hydroxylation is 1. The molecule has 0 spiro atoms. The van der Waals surface area contributed by atoms with E-state index in [9.17, 15) is 13.2 Å². The van der Waals surface area contributed by atoms with E-state index in [1.165, 1.54) is 17.4 Å². The maximum atomic E-state index is 12.4. The fourth-order valence-corrected chi connectivity index (χ4v) is 4.29. The van der Waals surface area contributed by atoms with E-state index in [0.717, 1.165) is 26.6 Å². The molecular weight excluding hydrogens is 358 g/mol. The molecule has 25 heavy (non-hydrogen) atoms. The van der Waals surface area contributed by atoms with Crippen LogP contribution in [0.1, 0.15) is 10.4 Å². The minimum Gasteiger partial charge on any atom is -0.478 e. The Morgan fingerprint density at radius 3 is 2.52 bits per heavy atom. The number of thiophene rings is 1. The first-order valence-electron chi connectivity index (χ1n) is 7.37. The Balaban J connectivity index is 1.88. The average molecular weight is 373 g/mol. The Labute approximate surface area is 149 Å². The maximum absolute atomic E-state index is 12.4. The van der Waals surface area contributed by atoms with Crippen molar-refractivity contribution in [3.05, 3.63) is 65.0 Å². The summed E-state index contributed by atoms with van der Waals surface area (Å²) >= 11 is 1.44. The highest BCUT2D eigenvalue weighted by Crippen LogP contribution is 2.29. The minimum atomic E-state index is -3.65. The van der Waals surface area contributed by atoms with Gasteiger partial charge in [0, 0.05) is 21.3 Å². The summed E-state index contributed by atoms with van der Waals surface area (Å²) in [4.78, 5) is 11.6. The lowest BCUT2D eigenvalue weighted by Crippen LogP contribution is -2.12. The SMILES string of the molecule is Cc1ccc(S(=O)(=O)Nc2ccc3sc(/C=C/C(=O)O)cc3c2)cc1. The maximum Gasteiger partial charge on any atom is 0.328 e. The zero-order valence-electron chi connectivity index (χ0n) is 13.3. The Hall–Kier alpha value is -2.64. The predicted octanol–water partition coefficient (Wildman–Crippen LogP) is 4.11. The van der Waals surface area contributed by atoms with Gasteiger partial charge in [-0.1, -0.05) is 17.7 Å². The van der Waals surface area contributed by atoms with Crippen molar-refractivity contribution < 1.29 is 18.3 Å². The number of nitrogens with one attached hydrogen (secondary N) is 1. The van der Waals surface area contributed by atoms with Crippen molar-refractivity contribution in [3.63, 3.8) is 0 Å². The van der Waals surface area contributed by atoms with Gasteiger partial charge in [0.05, 0.1) is 4.90 Å². The highest BCUT2D eigenvalue weighted by Gasteiger charge is 2.14. The van der Waals surface area contributed by atoms with E-state index in [-0.39, 0.29) is 4.90 Å². The van der Waals surface area contributed by atoms with Gasteiger partial charge in [-0.05, 0) is 54.8 Å². The van der Waals surface area contributed by atoms with Crippen LogP contribution < -0.4 is 4.72 Å². The molecule has 1 aromatic heterocycles. The summed E-state index contributed by atoms with van der Waals surface area (Å²) in [7, 11) is -3.65. The summed E-state index contributed by atoms with van der Waals surface area (Å²) in [6.45, 7) is 1.89. The number of carboxylic acid groups (broad SMARTS) is 1.